The topological polar surface area (TPSA) is 51.6 Å². The zero-order valence-electron chi connectivity index (χ0n) is 37.2. The molecule has 0 fully saturated rings. The lowest BCUT2D eigenvalue weighted by Crippen LogP contribution is -2.14. The van der Waals surface area contributed by atoms with Crippen LogP contribution in [0.2, 0.25) is 0 Å². The van der Waals surface area contributed by atoms with Crippen molar-refractivity contribution in [1.29, 1.82) is 0 Å². The molecule has 0 atom stereocenters. The van der Waals surface area contributed by atoms with Crippen molar-refractivity contribution in [1.82, 2.24) is 19.9 Å². The minimum absolute atomic E-state index is 0.166. The first kappa shape index (κ1) is 40.0. The molecular weight excluding hydrogens is 813 g/mol. The molecule has 4 nitrogen and oxygen atoms in total. The molecule has 0 unspecified atom stereocenters. The highest BCUT2D eigenvalue weighted by Crippen LogP contribution is 2.51. The second-order valence-corrected chi connectivity index (χ2v) is 17.9. The van der Waals surface area contributed by atoms with Gasteiger partial charge in [0.25, 0.3) is 0 Å². The molecule has 316 valence electrons. The average Bonchev–Trinajstić information content (AvgIpc) is 3.63. The fourth-order valence-electron chi connectivity index (χ4n) is 9.82. The molecule has 1 aliphatic rings. The van der Waals surface area contributed by atoms with E-state index in [4.69, 9.17) is 19.9 Å². The third kappa shape index (κ3) is 7.39. The van der Waals surface area contributed by atoms with Crippen LogP contribution < -0.4 is 0 Å². The van der Waals surface area contributed by atoms with Gasteiger partial charge in [0.15, 0.2) is 17.5 Å². The quantitative estimate of drug-likeness (QED) is 0.153. The molecule has 4 heteroatoms. The molecule has 11 aromatic rings. The lowest BCUT2D eigenvalue weighted by atomic mass is 9.82. The van der Waals surface area contributed by atoms with Crippen LogP contribution in [-0.2, 0) is 5.41 Å². The van der Waals surface area contributed by atoms with Gasteiger partial charge in [0, 0.05) is 33.1 Å². The summed E-state index contributed by atoms with van der Waals surface area (Å²) in [5.41, 5.74) is 19.6. The highest BCUT2D eigenvalue weighted by Gasteiger charge is 2.36. The van der Waals surface area contributed by atoms with E-state index in [1.54, 1.807) is 0 Å². The van der Waals surface area contributed by atoms with E-state index in [0.717, 1.165) is 72.2 Å². The Kier molecular flexibility index (Phi) is 9.80. The molecule has 0 bridgehead atoms. The van der Waals surface area contributed by atoms with Crippen molar-refractivity contribution in [3.8, 4) is 101 Å². The standard InChI is InChI=1S/C63H44N4/c1-63(2)56-33-13-12-32-52(56)54-38-55-53(47-27-14-24-44(34-47)41-18-6-3-7-19-41)39-58(64-59(55)40-57(54)63)48-28-17-31-51(37-48)62-66-60(49-29-15-25-45(35-49)42-20-8-4-9-21-42)65-61(67-62)50-30-16-26-46(36-50)43-22-10-5-11-23-43/h3-40H,1-2H3. The number of rotatable bonds is 8. The minimum atomic E-state index is -0.166. The Morgan fingerprint density at radius 2 is 0.672 bits per heavy atom. The maximum absolute atomic E-state index is 5.51. The van der Waals surface area contributed by atoms with Crippen molar-refractivity contribution in [3.05, 3.63) is 242 Å². The first-order valence-electron chi connectivity index (χ1n) is 22.9. The minimum Gasteiger partial charge on any atom is -0.248 e. The van der Waals surface area contributed by atoms with E-state index >= 15 is 0 Å². The van der Waals surface area contributed by atoms with Gasteiger partial charge in [-0.2, -0.15) is 0 Å². The molecule has 0 N–H and O–H groups in total. The summed E-state index contributed by atoms with van der Waals surface area (Å²) in [5, 5.41) is 1.12. The number of nitrogens with zero attached hydrogens (tertiary/aromatic N) is 4. The molecule has 67 heavy (non-hydrogen) atoms. The smallest absolute Gasteiger partial charge is 0.164 e. The molecule has 0 saturated heterocycles. The second kappa shape index (κ2) is 16.4. The van der Waals surface area contributed by atoms with Crippen molar-refractivity contribution in [2.75, 3.05) is 0 Å². The summed E-state index contributed by atoms with van der Waals surface area (Å²) in [5.74, 6) is 1.80. The fraction of sp³-hybridized carbons (Fsp3) is 0.0476. The Balaban J connectivity index is 1.03. The molecule has 12 rings (SSSR count). The van der Waals surface area contributed by atoms with Gasteiger partial charge in [-0.15, -0.1) is 0 Å². The highest BCUT2D eigenvalue weighted by molar-refractivity contribution is 6.02. The summed E-state index contributed by atoms with van der Waals surface area (Å²) < 4.78 is 0. The number of hydrogen-bond acceptors (Lipinski definition) is 4. The Morgan fingerprint density at radius 1 is 0.269 bits per heavy atom. The molecule has 0 amide bonds. The number of pyridine rings is 1. The van der Waals surface area contributed by atoms with E-state index in [9.17, 15) is 0 Å². The van der Waals surface area contributed by atoms with Crippen LogP contribution in [0.15, 0.2) is 231 Å². The number of hydrogen-bond donors (Lipinski definition) is 0. The molecule has 0 spiro atoms. The van der Waals surface area contributed by atoms with Gasteiger partial charge in [0.05, 0.1) is 11.2 Å². The van der Waals surface area contributed by atoms with Gasteiger partial charge in [-0.3, -0.25) is 0 Å². The van der Waals surface area contributed by atoms with E-state index in [2.05, 4.69) is 232 Å². The van der Waals surface area contributed by atoms with Crippen LogP contribution >= 0.6 is 0 Å². The van der Waals surface area contributed by atoms with Crippen LogP contribution in [0.3, 0.4) is 0 Å². The maximum atomic E-state index is 5.51. The zero-order chi connectivity index (χ0) is 44.9. The van der Waals surface area contributed by atoms with Crippen molar-refractivity contribution >= 4 is 10.9 Å². The molecule has 0 aliphatic heterocycles. The van der Waals surface area contributed by atoms with Crippen molar-refractivity contribution < 1.29 is 0 Å². The van der Waals surface area contributed by atoms with Crippen molar-refractivity contribution in [2.24, 2.45) is 0 Å². The Morgan fingerprint density at radius 3 is 1.19 bits per heavy atom. The fourth-order valence-corrected chi connectivity index (χ4v) is 9.82. The Hall–Kier alpha value is -8.60. The van der Waals surface area contributed by atoms with Gasteiger partial charge in [-0.05, 0) is 109 Å². The van der Waals surface area contributed by atoms with Gasteiger partial charge in [0.2, 0.25) is 0 Å². The summed E-state index contributed by atoms with van der Waals surface area (Å²) in [4.78, 5) is 21.2. The van der Waals surface area contributed by atoms with Gasteiger partial charge in [-0.25, -0.2) is 19.9 Å². The molecule has 9 aromatic carbocycles. The Labute approximate surface area is 391 Å². The average molecular weight is 857 g/mol. The van der Waals surface area contributed by atoms with Gasteiger partial charge in [0.1, 0.15) is 0 Å². The van der Waals surface area contributed by atoms with Crippen LogP contribution in [0.1, 0.15) is 25.0 Å². The lowest BCUT2D eigenvalue weighted by Gasteiger charge is -2.22. The third-order valence-corrected chi connectivity index (χ3v) is 13.3. The van der Waals surface area contributed by atoms with E-state index in [-0.39, 0.29) is 5.41 Å². The van der Waals surface area contributed by atoms with E-state index in [0.29, 0.717) is 17.5 Å². The lowest BCUT2D eigenvalue weighted by molar-refractivity contribution is 0.661. The highest BCUT2D eigenvalue weighted by atomic mass is 15.0. The van der Waals surface area contributed by atoms with E-state index in [1.165, 1.54) is 33.4 Å². The summed E-state index contributed by atoms with van der Waals surface area (Å²) in [7, 11) is 0. The summed E-state index contributed by atoms with van der Waals surface area (Å²) in [6.07, 6.45) is 0. The summed E-state index contributed by atoms with van der Waals surface area (Å²) >= 11 is 0. The van der Waals surface area contributed by atoms with Crippen LogP contribution in [0.5, 0.6) is 0 Å². The third-order valence-electron chi connectivity index (χ3n) is 13.3. The van der Waals surface area contributed by atoms with Crippen LogP contribution in [0.25, 0.3) is 112 Å². The SMILES string of the molecule is CC1(C)c2ccccc2-c2cc3c(-c4cccc(-c5ccccc5)c4)cc(-c4cccc(-c5nc(-c6cccc(-c7ccccc7)c6)nc(-c6cccc(-c7ccccc7)c6)n5)c4)nc3cc21. The van der Waals surface area contributed by atoms with Gasteiger partial charge < -0.3 is 0 Å². The molecule has 0 radical (unpaired) electrons. The Bertz CT molecular complexity index is 3550. The normalized spacial score (nSPS) is 12.4. The first-order valence-corrected chi connectivity index (χ1v) is 22.9. The van der Waals surface area contributed by atoms with Crippen molar-refractivity contribution in [2.45, 2.75) is 19.3 Å². The van der Waals surface area contributed by atoms with Crippen LogP contribution in [-0.4, -0.2) is 19.9 Å². The molecule has 2 heterocycles. The van der Waals surface area contributed by atoms with Gasteiger partial charge in [-0.1, -0.05) is 202 Å². The first-order chi connectivity index (χ1) is 32.9. The monoisotopic (exact) mass is 856 g/mol. The summed E-state index contributed by atoms with van der Waals surface area (Å²) in [6.45, 7) is 4.66. The molecule has 0 saturated carbocycles. The molecule has 1 aliphatic carbocycles. The molecule has 2 aromatic heterocycles. The largest absolute Gasteiger partial charge is 0.248 e. The van der Waals surface area contributed by atoms with Gasteiger partial charge >= 0.3 is 0 Å². The predicted molar refractivity (Wildman–Crippen MR) is 276 cm³/mol. The number of benzene rings is 9. The van der Waals surface area contributed by atoms with Crippen molar-refractivity contribution in [3.63, 3.8) is 0 Å². The molecular formula is C63H44N4. The van der Waals surface area contributed by atoms with Crippen LogP contribution in [0, 0.1) is 0 Å². The van der Waals surface area contributed by atoms with E-state index in [1.807, 2.05) is 12.1 Å². The second-order valence-electron chi connectivity index (χ2n) is 17.9. The zero-order valence-corrected chi connectivity index (χ0v) is 37.2. The predicted octanol–water partition coefficient (Wildman–Crippen LogP) is 16.1. The number of aromatic nitrogens is 4. The number of fused-ring (bicyclic) bond motifs is 4. The van der Waals surface area contributed by atoms with Crippen LogP contribution in [0.4, 0.5) is 0 Å². The van der Waals surface area contributed by atoms with E-state index < -0.39 is 0 Å². The maximum Gasteiger partial charge on any atom is 0.164 e. The summed E-state index contributed by atoms with van der Waals surface area (Å²) in [6, 6.07) is 81.5.